The first-order valence-electron chi connectivity index (χ1n) is 12.1. The Morgan fingerprint density at radius 2 is 1.63 bits per heavy atom. The number of nitrogens with zero attached hydrogens (tertiary/aromatic N) is 1. The van der Waals surface area contributed by atoms with Gasteiger partial charge in [0.25, 0.3) is 11.8 Å². The number of nitrogens with one attached hydrogen (secondary N) is 1. The number of likely N-dealkylation sites (tertiary alicyclic amines) is 1. The molecule has 2 amide bonds. The number of amides is 2. The average Bonchev–Trinajstić information content (AvgIpc) is 2.85. The van der Waals surface area contributed by atoms with Crippen LogP contribution in [0.25, 0.3) is 0 Å². The predicted octanol–water partition coefficient (Wildman–Crippen LogP) is 4.36. The summed E-state index contributed by atoms with van der Waals surface area (Å²) in [7, 11) is 3.13. The standard InChI is InChI=1S/C28H38N2O5/c1-19-7-9-23(22(15-19)28(2,3)4)35-18-26(31)29-17-20-11-13-30(14-12-20)27(32)21-8-10-24(33-5)25(16-21)34-6/h7-10,15-16,20H,11-14,17-18H2,1-6H3,(H,29,31). The zero-order valence-corrected chi connectivity index (χ0v) is 21.8. The van der Waals surface area contributed by atoms with E-state index in [0.717, 1.165) is 24.2 Å². The van der Waals surface area contributed by atoms with E-state index in [4.69, 9.17) is 14.2 Å². The number of rotatable bonds is 8. The van der Waals surface area contributed by atoms with E-state index in [1.807, 2.05) is 17.0 Å². The number of benzene rings is 2. The highest BCUT2D eigenvalue weighted by molar-refractivity contribution is 5.95. The van der Waals surface area contributed by atoms with Crippen LogP contribution in [0.15, 0.2) is 36.4 Å². The number of piperidine rings is 1. The number of aryl methyl sites for hydroxylation is 1. The molecular weight excluding hydrogens is 444 g/mol. The lowest BCUT2D eigenvalue weighted by molar-refractivity contribution is -0.123. The van der Waals surface area contributed by atoms with Crippen LogP contribution in [0.3, 0.4) is 0 Å². The number of ether oxygens (including phenoxy) is 3. The summed E-state index contributed by atoms with van der Waals surface area (Å²) in [4.78, 5) is 27.2. The summed E-state index contributed by atoms with van der Waals surface area (Å²) in [6.07, 6.45) is 1.68. The normalized spacial score (nSPS) is 14.4. The number of methoxy groups -OCH3 is 2. The molecule has 1 saturated heterocycles. The number of hydrogen-bond donors (Lipinski definition) is 1. The van der Waals surface area contributed by atoms with Gasteiger partial charge in [-0.3, -0.25) is 9.59 Å². The van der Waals surface area contributed by atoms with E-state index in [-0.39, 0.29) is 23.8 Å². The monoisotopic (exact) mass is 482 g/mol. The molecule has 0 saturated carbocycles. The Balaban J connectivity index is 1.46. The molecule has 1 heterocycles. The highest BCUT2D eigenvalue weighted by Gasteiger charge is 2.25. The Labute approximate surface area is 208 Å². The summed E-state index contributed by atoms with van der Waals surface area (Å²) < 4.78 is 16.4. The minimum Gasteiger partial charge on any atom is -0.493 e. The third-order valence-electron chi connectivity index (χ3n) is 6.42. The molecule has 1 aliphatic heterocycles. The molecule has 0 atom stereocenters. The van der Waals surface area contributed by atoms with Gasteiger partial charge in [-0.05, 0) is 60.9 Å². The van der Waals surface area contributed by atoms with Crippen molar-refractivity contribution in [2.75, 3.05) is 40.5 Å². The quantitative estimate of drug-likeness (QED) is 0.605. The van der Waals surface area contributed by atoms with Crippen molar-refractivity contribution >= 4 is 11.8 Å². The number of carbonyl (C=O) groups is 2. The molecule has 1 aliphatic rings. The smallest absolute Gasteiger partial charge is 0.257 e. The van der Waals surface area contributed by atoms with Gasteiger partial charge < -0.3 is 24.4 Å². The van der Waals surface area contributed by atoms with Crippen molar-refractivity contribution in [2.45, 2.75) is 46.0 Å². The van der Waals surface area contributed by atoms with Gasteiger partial charge in [0.1, 0.15) is 5.75 Å². The molecule has 0 aliphatic carbocycles. The second kappa shape index (κ2) is 11.5. The van der Waals surface area contributed by atoms with Gasteiger partial charge in [0.2, 0.25) is 0 Å². The average molecular weight is 483 g/mol. The van der Waals surface area contributed by atoms with Gasteiger partial charge in [0.15, 0.2) is 18.1 Å². The van der Waals surface area contributed by atoms with Crippen molar-refractivity contribution in [2.24, 2.45) is 5.92 Å². The van der Waals surface area contributed by atoms with Gasteiger partial charge in [0.05, 0.1) is 14.2 Å². The fraction of sp³-hybridized carbons (Fsp3) is 0.500. The molecule has 190 valence electrons. The van der Waals surface area contributed by atoms with Crippen LogP contribution in [0.4, 0.5) is 0 Å². The van der Waals surface area contributed by atoms with Crippen molar-refractivity contribution in [3.05, 3.63) is 53.1 Å². The zero-order chi connectivity index (χ0) is 25.6. The highest BCUT2D eigenvalue weighted by atomic mass is 16.5. The predicted molar refractivity (Wildman–Crippen MR) is 137 cm³/mol. The van der Waals surface area contributed by atoms with Gasteiger partial charge in [-0.2, -0.15) is 0 Å². The van der Waals surface area contributed by atoms with Crippen LogP contribution in [0.1, 0.15) is 55.1 Å². The van der Waals surface area contributed by atoms with Crippen molar-refractivity contribution < 1.29 is 23.8 Å². The maximum atomic E-state index is 12.9. The van der Waals surface area contributed by atoms with E-state index in [0.29, 0.717) is 42.6 Å². The summed E-state index contributed by atoms with van der Waals surface area (Å²) in [5.74, 6) is 2.07. The third kappa shape index (κ3) is 6.90. The van der Waals surface area contributed by atoms with E-state index in [9.17, 15) is 9.59 Å². The van der Waals surface area contributed by atoms with Crippen LogP contribution in [0.5, 0.6) is 17.2 Å². The minimum absolute atomic E-state index is 0.0111. The third-order valence-corrected chi connectivity index (χ3v) is 6.42. The van der Waals surface area contributed by atoms with Gasteiger partial charge in [-0.25, -0.2) is 0 Å². The van der Waals surface area contributed by atoms with E-state index >= 15 is 0 Å². The lowest BCUT2D eigenvalue weighted by Crippen LogP contribution is -2.42. The molecule has 7 nitrogen and oxygen atoms in total. The SMILES string of the molecule is COc1ccc(C(=O)N2CCC(CNC(=O)COc3ccc(C)cc3C(C)(C)C)CC2)cc1OC. The molecule has 0 aromatic heterocycles. The van der Waals surface area contributed by atoms with Crippen LogP contribution in [-0.4, -0.2) is 57.2 Å². The van der Waals surface area contributed by atoms with Gasteiger partial charge in [-0.1, -0.05) is 38.5 Å². The van der Waals surface area contributed by atoms with E-state index in [1.165, 1.54) is 5.56 Å². The van der Waals surface area contributed by atoms with Crippen molar-refractivity contribution in [1.82, 2.24) is 10.2 Å². The lowest BCUT2D eigenvalue weighted by atomic mass is 9.85. The molecule has 0 bridgehead atoms. The Morgan fingerprint density at radius 3 is 2.26 bits per heavy atom. The molecule has 3 rings (SSSR count). The molecule has 2 aromatic rings. The second-order valence-electron chi connectivity index (χ2n) is 10.1. The Bertz CT molecular complexity index is 1040. The molecule has 0 radical (unpaired) electrons. The Kier molecular flexibility index (Phi) is 8.65. The maximum Gasteiger partial charge on any atom is 0.257 e. The van der Waals surface area contributed by atoms with Crippen LogP contribution in [-0.2, 0) is 10.2 Å². The largest absolute Gasteiger partial charge is 0.493 e. The summed E-state index contributed by atoms with van der Waals surface area (Å²) in [6, 6.07) is 11.3. The molecule has 7 heteroatoms. The Morgan fingerprint density at radius 1 is 0.971 bits per heavy atom. The second-order valence-corrected chi connectivity index (χ2v) is 10.1. The lowest BCUT2D eigenvalue weighted by Gasteiger charge is -2.32. The molecule has 35 heavy (non-hydrogen) atoms. The maximum absolute atomic E-state index is 12.9. The van der Waals surface area contributed by atoms with Gasteiger partial charge >= 0.3 is 0 Å². The van der Waals surface area contributed by atoms with Crippen molar-refractivity contribution in [3.8, 4) is 17.2 Å². The van der Waals surface area contributed by atoms with Crippen LogP contribution < -0.4 is 19.5 Å². The first-order valence-corrected chi connectivity index (χ1v) is 12.1. The molecule has 0 unspecified atom stereocenters. The molecule has 2 aromatic carbocycles. The molecule has 1 fully saturated rings. The fourth-order valence-electron chi connectivity index (χ4n) is 4.30. The van der Waals surface area contributed by atoms with Gasteiger partial charge in [0, 0.05) is 25.2 Å². The van der Waals surface area contributed by atoms with Crippen molar-refractivity contribution in [3.63, 3.8) is 0 Å². The summed E-state index contributed by atoms with van der Waals surface area (Å²) >= 11 is 0. The minimum atomic E-state index is -0.130. The van der Waals surface area contributed by atoms with Crippen molar-refractivity contribution in [1.29, 1.82) is 0 Å². The van der Waals surface area contributed by atoms with Crippen LogP contribution in [0.2, 0.25) is 0 Å². The van der Waals surface area contributed by atoms with Crippen LogP contribution >= 0.6 is 0 Å². The van der Waals surface area contributed by atoms with E-state index < -0.39 is 0 Å². The summed E-state index contributed by atoms with van der Waals surface area (Å²) in [6.45, 7) is 10.3. The summed E-state index contributed by atoms with van der Waals surface area (Å²) in [5.41, 5.74) is 2.77. The zero-order valence-electron chi connectivity index (χ0n) is 21.8. The summed E-state index contributed by atoms with van der Waals surface area (Å²) in [5, 5.41) is 3.00. The first kappa shape index (κ1) is 26.4. The number of hydrogen-bond acceptors (Lipinski definition) is 5. The molecule has 1 N–H and O–H groups in total. The van der Waals surface area contributed by atoms with Crippen LogP contribution in [0, 0.1) is 12.8 Å². The van der Waals surface area contributed by atoms with E-state index in [2.05, 4.69) is 39.1 Å². The van der Waals surface area contributed by atoms with Gasteiger partial charge in [-0.15, -0.1) is 0 Å². The molecular formula is C28H38N2O5. The Hall–Kier alpha value is -3.22. The fourth-order valence-corrected chi connectivity index (χ4v) is 4.30. The number of carbonyl (C=O) groups excluding carboxylic acids is 2. The topological polar surface area (TPSA) is 77.1 Å². The van der Waals surface area contributed by atoms with E-state index in [1.54, 1.807) is 32.4 Å². The first-order chi connectivity index (χ1) is 16.6. The highest BCUT2D eigenvalue weighted by Crippen LogP contribution is 2.32. The molecule has 0 spiro atoms.